The minimum atomic E-state index is 0.799. The van der Waals surface area contributed by atoms with Crippen molar-refractivity contribution in [3.05, 3.63) is 0 Å². The Morgan fingerprint density at radius 3 is 3.00 bits per heavy atom. The number of hydrogen-bond donors (Lipinski definition) is 2. The third kappa shape index (κ3) is 3.37. The van der Waals surface area contributed by atoms with Gasteiger partial charge in [-0.25, -0.2) is 0 Å². The van der Waals surface area contributed by atoms with E-state index in [2.05, 4.69) is 10.3 Å². The van der Waals surface area contributed by atoms with Crippen LogP contribution in [0.4, 0.5) is 0 Å². The minimum absolute atomic E-state index is 0.799. The second-order valence-corrected chi connectivity index (χ2v) is 2.85. The van der Waals surface area contributed by atoms with Crippen LogP contribution < -0.4 is 11.1 Å². The molecule has 3 heteroatoms. The van der Waals surface area contributed by atoms with Gasteiger partial charge in [-0.15, -0.1) is 0 Å². The Balaban J connectivity index is 2.09. The Hall–Kier alpha value is -0.570. The van der Waals surface area contributed by atoms with Crippen LogP contribution in [0.1, 0.15) is 25.7 Å². The molecule has 1 heterocycles. The van der Waals surface area contributed by atoms with Gasteiger partial charge in [0.2, 0.25) is 0 Å². The first-order valence-electron chi connectivity index (χ1n) is 4.41. The molecule has 0 aliphatic carbocycles. The fourth-order valence-electron chi connectivity index (χ4n) is 1.19. The molecule has 0 atom stereocenters. The fourth-order valence-corrected chi connectivity index (χ4v) is 1.19. The summed E-state index contributed by atoms with van der Waals surface area (Å²) < 4.78 is 0. The molecular formula is C8H17N3. The lowest BCUT2D eigenvalue weighted by Crippen LogP contribution is -2.29. The van der Waals surface area contributed by atoms with Crippen molar-refractivity contribution >= 4 is 5.84 Å². The Morgan fingerprint density at radius 1 is 1.45 bits per heavy atom. The predicted octanol–water partition coefficient (Wildman–Crippen LogP) is 0.507. The van der Waals surface area contributed by atoms with E-state index in [0.717, 1.165) is 32.5 Å². The molecule has 64 valence electrons. The van der Waals surface area contributed by atoms with Gasteiger partial charge >= 0.3 is 0 Å². The molecule has 0 amide bonds. The van der Waals surface area contributed by atoms with E-state index in [1.165, 1.54) is 18.7 Å². The van der Waals surface area contributed by atoms with E-state index in [1.54, 1.807) is 0 Å². The molecule has 3 N–H and O–H groups in total. The van der Waals surface area contributed by atoms with Crippen LogP contribution in [0.25, 0.3) is 0 Å². The topological polar surface area (TPSA) is 50.4 Å². The summed E-state index contributed by atoms with van der Waals surface area (Å²) in [5.74, 6) is 1.18. The molecule has 0 aromatic heterocycles. The normalized spacial score (nSPS) is 17.4. The van der Waals surface area contributed by atoms with Crippen LogP contribution in [0.15, 0.2) is 4.99 Å². The summed E-state index contributed by atoms with van der Waals surface area (Å²) in [6.07, 6.45) is 4.54. The van der Waals surface area contributed by atoms with E-state index >= 15 is 0 Å². The highest BCUT2D eigenvalue weighted by molar-refractivity contribution is 5.82. The molecule has 0 saturated heterocycles. The molecule has 0 unspecified atom stereocenters. The van der Waals surface area contributed by atoms with Crippen molar-refractivity contribution in [2.75, 3.05) is 19.6 Å². The molecule has 0 aromatic rings. The minimum Gasteiger partial charge on any atom is -0.374 e. The molecule has 0 aromatic carbocycles. The maximum absolute atomic E-state index is 5.38. The summed E-state index contributed by atoms with van der Waals surface area (Å²) in [7, 11) is 0. The lowest BCUT2D eigenvalue weighted by atomic mass is 10.2. The fraction of sp³-hybridized carbons (Fsp3) is 0.875. The van der Waals surface area contributed by atoms with Crippen LogP contribution in [0, 0.1) is 0 Å². The van der Waals surface area contributed by atoms with E-state index in [1.807, 2.05) is 0 Å². The van der Waals surface area contributed by atoms with Gasteiger partial charge in [-0.05, 0) is 25.8 Å². The summed E-state index contributed by atoms with van der Waals surface area (Å²) in [6, 6.07) is 0. The number of nitrogens with one attached hydrogen (secondary N) is 1. The van der Waals surface area contributed by atoms with Crippen LogP contribution in [0.3, 0.4) is 0 Å². The van der Waals surface area contributed by atoms with Gasteiger partial charge in [-0.3, -0.25) is 4.99 Å². The number of nitrogens with zero attached hydrogens (tertiary/aromatic N) is 1. The number of nitrogens with two attached hydrogens (primary N) is 1. The molecule has 3 nitrogen and oxygen atoms in total. The largest absolute Gasteiger partial charge is 0.374 e. The average Bonchev–Trinajstić information content (AvgIpc) is 2.07. The third-order valence-electron chi connectivity index (χ3n) is 1.83. The monoisotopic (exact) mass is 155 g/mol. The molecule has 0 spiro atoms. The van der Waals surface area contributed by atoms with Gasteiger partial charge in [0.15, 0.2) is 0 Å². The Labute approximate surface area is 68.1 Å². The molecule has 0 radical (unpaired) electrons. The molecule has 1 rings (SSSR count). The lowest BCUT2D eigenvalue weighted by Gasteiger charge is -2.13. The first kappa shape index (κ1) is 8.53. The highest BCUT2D eigenvalue weighted by atomic mass is 15.0. The zero-order chi connectivity index (χ0) is 7.94. The van der Waals surface area contributed by atoms with E-state index in [0.29, 0.717) is 0 Å². The standard InChI is InChI=1S/C8H17N3/c9-5-2-1-4-8-10-6-3-7-11-8/h1-7,9H2,(H,10,11). The van der Waals surface area contributed by atoms with E-state index in [-0.39, 0.29) is 0 Å². The van der Waals surface area contributed by atoms with Crippen LogP contribution in [0.2, 0.25) is 0 Å². The van der Waals surface area contributed by atoms with Crippen molar-refractivity contribution in [1.82, 2.24) is 5.32 Å². The van der Waals surface area contributed by atoms with Crippen molar-refractivity contribution in [3.63, 3.8) is 0 Å². The average molecular weight is 155 g/mol. The lowest BCUT2D eigenvalue weighted by molar-refractivity contribution is 0.698. The maximum atomic E-state index is 5.38. The van der Waals surface area contributed by atoms with E-state index in [9.17, 15) is 0 Å². The SMILES string of the molecule is NCCCCC1=NCCCN1. The summed E-state index contributed by atoms with van der Waals surface area (Å²) >= 11 is 0. The molecule has 0 saturated carbocycles. The van der Waals surface area contributed by atoms with Gasteiger partial charge in [0.05, 0.1) is 5.84 Å². The van der Waals surface area contributed by atoms with Crippen molar-refractivity contribution in [1.29, 1.82) is 0 Å². The van der Waals surface area contributed by atoms with Gasteiger partial charge in [-0.1, -0.05) is 0 Å². The second kappa shape index (κ2) is 5.13. The Morgan fingerprint density at radius 2 is 2.36 bits per heavy atom. The number of rotatable bonds is 4. The summed E-state index contributed by atoms with van der Waals surface area (Å²) in [4.78, 5) is 4.37. The Kier molecular flexibility index (Phi) is 3.98. The highest BCUT2D eigenvalue weighted by Gasteiger charge is 2.01. The maximum Gasteiger partial charge on any atom is 0.0963 e. The zero-order valence-electron chi connectivity index (χ0n) is 6.97. The first-order chi connectivity index (χ1) is 5.43. The van der Waals surface area contributed by atoms with Gasteiger partial charge < -0.3 is 11.1 Å². The molecule has 11 heavy (non-hydrogen) atoms. The van der Waals surface area contributed by atoms with Gasteiger partial charge in [-0.2, -0.15) is 0 Å². The van der Waals surface area contributed by atoms with Crippen LogP contribution in [0.5, 0.6) is 0 Å². The number of amidine groups is 1. The zero-order valence-corrected chi connectivity index (χ0v) is 6.97. The molecule has 0 bridgehead atoms. The van der Waals surface area contributed by atoms with Gasteiger partial charge in [0, 0.05) is 19.5 Å². The molecule has 1 aliphatic heterocycles. The number of hydrogen-bond acceptors (Lipinski definition) is 3. The summed E-state index contributed by atoms with van der Waals surface area (Å²) in [6.45, 7) is 2.90. The van der Waals surface area contributed by atoms with Gasteiger partial charge in [0.1, 0.15) is 0 Å². The van der Waals surface area contributed by atoms with Crippen molar-refractivity contribution in [2.45, 2.75) is 25.7 Å². The quantitative estimate of drug-likeness (QED) is 0.581. The second-order valence-electron chi connectivity index (χ2n) is 2.85. The summed E-state index contributed by atoms with van der Waals surface area (Å²) in [5, 5.41) is 3.29. The molecule has 0 fully saturated rings. The van der Waals surface area contributed by atoms with Crippen LogP contribution in [-0.2, 0) is 0 Å². The molecular weight excluding hydrogens is 138 g/mol. The van der Waals surface area contributed by atoms with Crippen molar-refractivity contribution < 1.29 is 0 Å². The van der Waals surface area contributed by atoms with Crippen molar-refractivity contribution in [3.8, 4) is 0 Å². The smallest absolute Gasteiger partial charge is 0.0963 e. The predicted molar refractivity (Wildman–Crippen MR) is 47.8 cm³/mol. The number of unbranched alkanes of at least 4 members (excludes halogenated alkanes) is 1. The van der Waals surface area contributed by atoms with Crippen LogP contribution >= 0.6 is 0 Å². The molecule has 1 aliphatic rings. The van der Waals surface area contributed by atoms with Gasteiger partial charge in [0.25, 0.3) is 0 Å². The number of aliphatic imine (C=N–C) groups is 1. The van der Waals surface area contributed by atoms with E-state index < -0.39 is 0 Å². The van der Waals surface area contributed by atoms with E-state index in [4.69, 9.17) is 5.73 Å². The van der Waals surface area contributed by atoms with Crippen LogP contribution in [-0.4, -0.2) is 25.5 Å². The summed E-state index contributed by atoms with van der Waals surface area (Å²) in [5.41, 5.74) is 5.38. The Bertz CT molecular complexity index is 131. The highest BCUT2D eigenvalue weighted by Crippen LogP contribution is 1.98. The van der Waals surface area contributed by atoms with Crippen molar-refractivity contribution in [2.24, 2.45) is 10.7 Å². The first-order valence-corrected chi connectivity index (χ1v) is 4.41. The third-order valence-corrected chi connectivity index (χ3v) is 1.83.